The van der Waals surface area contributed by atoms with Crippen LogP contribution in [0.4, 0.5) is 5.69 Å². The predicted octanol–water partition coefficient (Wildman–Crippen LogP) is 5.14. The van der Waals surface area contributed by atoms with E-state index in [1.165, 1.54) is 0 Å². The summed E-state index contributed by atoms with van der Waals surface area (Å²) in [5, 5.41) is 1.39. The summed E-state index contributed by atoms with van der Waals surface area (Å²) >= 11 is 12.1. The Kier molecular flexibility index (Phi) is 5.35. The van der Waals surface area contributed by atoms with Crippen molar-refractivity contribution >= 4 is 37.2 Å². The topological polar surface area (TPSA) is 35.2 Å². The molecule has 0 saturated heterocycles. The van der Waals surface area contributed by atoms with Crippen molar-refractivity contribution in [2.24, 2.45) is 0 Å². The number of nitrogens with two attached hydrogens (primary N) is 1. The first-order chi connectivity index (χ1) is 8.54. The molecular weight excluding hydrogens is 297 g/mol. The Morgan fingerprint density at radius 1 is 1.21 bits per heavy atom. The zero-order valence-corrected chi connectivity index (χ0v) is 14.8. The molecule has 0 aliphatic rings. The molecule has 19 heavy (non-hydrogen) atoms. The minimum absolute atomic E-state index is 0.211. The largest absolute Gasteiger partial charge is 0.416 e. The minimum atomic E-state index is -1.71. The molecule has 5 heteroatoms. The Morgan fingerprint density at radius 2 is 1.79 bits per heavy atom. The highest BCUT2D eigenvalue weighted by Crippen LogP contribution is 2.37. The van der Waals surface area contributed by atoms with Crippen LogP contribution in [-0.4, -0.2) is 14.9 Å². The maximum Gasteiger partial charge on any atom is 0.191 e. The van der Waals surface area contributed by atoms with Gasteiger partial charge in [0.1, 0.15) is 0 Å². The molecule has 1 rings (SSSR count). The SMILES string of the molecule is CC(C)(C)[Si](C)(C)OCCc1c(N)cc(Cl)cc1Cl. The average Bonchev–Trinajstić information content (AvgIpc) is 2.20. The molecule has 108 valence electrons. The van der Waals surface area contributed by atoms with E-state index in [-0.39, 0.29) is 5.04 Å². The number of benzene rings is 1. The summed E-state index contributed by atoms with van der Waals surface area (Å²) in [4.78, 5) is 0. The fourth-order valence-corrected chi connectivity index (χ4v) is 3.16. The predicted molar refractivity (Wildman–Crippen MR) is 87.7 cm³/mol. The van der Waals surface area contributed by atoms with Gasteiger partial charge >= 0.3 is 0 Å². The first-order valence-electron chi connectivity index (χ1n) is 6.42. The van der Waals surface area contributed by atoms with Gasteiger partial charge in [-0.25, -0.2) is 0 Å². The van der Waals surface area contributed by atoms with Crippen LogP contribution in [0.15, 0.2) is 12.1 Å². The summed E-state index contributed by atoms with van der Waals surface area (Å²) in [6, 6.07) is 3.45. The molecule has 0 heterocycles. The van der Waals surface area contributed by atoms with E-state index in [2.05, 4.69) is 33.9 Å². The third kappa shape index (κ3) is 4.38. The Morgan fingerprint density at radius 3 is 2.26 bits per heavy atom. The molecule has 1 aromatic carbocycles. The van der Waals surface area contributed by atoms with Crippen molar-refractivity contribution in [3.63, 3.8) is 0 Å². The average molecular weight is 320 g/mol. The second-order valence-corrected chi connectivity index (χ2v) is 12.0. The van der Waals surface area contributed by atoms with Crippen LogP contribution in [0.1, 0.15) is 26.3 Å². The fraction of sp³-hybridized carbons (Fsp3) is 0.571. The first kappa shape index (κ1) is 16.8. The number of rotatable bonds is 4. The quantitative estimate of drug-likeness (QED) is 0.616. The van der Waals surface area contributed by atoms with Gasteiger partial charge in [0.2, 0.25) is 0 Å². The molecule has 0 spiro atoms. The lowest BCUT2D eigenvalue weighted by atomic mass is 10.1. The molecule has 0 aliphatic carbocycles. The summed E-state index contributed by atoms with van der Waals surface area (Å²) in [5.41, 5.74) is 7.50. The maximum atomic E-state index is 6.17. The van der Waals surface area contributed by atoms with E-state index >= 15 is 0 Å². The van der Waals surface area contributed by atoms with Gasteiger partial charge in [-0.3, -0.25) is 0 Å². The standard InChI is InChI=1S/C14H23Cl2NOSi/c1-14(2,3)19(4,5)18-7-6-11-12(16)8-10(15)9-13(11)17/h8-9H,6-7,17H2,1-5H3. The molecule has 0 saturated carbocycles. The van der Waals surface area contributed by atoms with Crippen molar-refractivity contribution in [1.29, 1.82) is 0 Å². The number of hydrogen-bond acceptors (Lipinski definition) is 2. The van der Waals surface area contributed by atoms with Gasteiger partial charge in [0, 0.05) is 22.3 Å². The van der Waals surface area contributed by atoms with E-state index in [9.17, 15) is 0 Å². The van der Waals surface area contributed by atoms with Gasteiger partial charge in [0.15, 0.2) is 8.32 Å². The molecule has 0 unspecified atom stereocenters. The highest BCUT2D eigenvalue weighted by Gasteiger charge is 2.36. The Bertz CT molecular complexity index is 432. The van der Waals surface area contributed by atoms with Crippen LogP contribution in [0.2, 0.25) is 28.2 Å². The van der Waals surface area contributed by atoms with E-state index in [0.29, 0.717) is 28.8 Å². The molecule has 0 bridgehead atoms. The molecule has 0 amide bonds. The minimum Gasteiger partial charge on any atom is -0.416 e. The lowest BCUT2D eigenvalue weighted by molar-refractivity contribution is 0.292. The summed E-state index contributed by atoms with van der Waals surface area (Å²) in [7, 11) is -1.71. The van der Waals surface area contributed by atoms with Gasteiger partial charge in [-0.05, 0) is 42.2 Å². The lowest BCUT2D eigenvalue weighted by Gasteiger charge is -2.36. The maximum absolute atomic E-state index is 6.17. The van der Waals surface area contributed by atoms with Crippen LogP contribution < -0.4 is 5.73 Å². The van der Waals surface area contributed by atoms with E-state index in [1.807, 2.05) is 0 Å². The van der Waals surface area contributed by atoms with Crippen LogP contribution in [0.5, 0.6) is 0 Å². The van der Waals surface area contributed by atoms with Crippen LogP contribution in [-0.2, 0) is 10.8 Å². The summed E-state index contributed by atoms with van der Waals surface area (Å²) in [6.45, 7) is 11.8. The monoisotopic (exact) mass is 319 g/mol. The van der Waals surface area contributed by atoms with E-state index in [1.54, 1.807) is 12.1 Å². The second kappa shape index (κ2) is 6.04. The highest BCUT2D eigenvalue weighted by atomic mass is 35.5. The van der Waals surface area contributed by atoms with Crippen molar-refractivity contribution in [2.45, 2.75) is 45.3 Å². The third-order valence-corrected chi connectivity index (χ3v) is 8.91. The van der Waals surface area contributed by atoms with Crippen LogP contribution in [0, 0.1) is 0 Å². The van der Waals surface area contributed by atoms with Crippen molar-refractivity contribution in [3.8, 4) is 0 Å². The van der Waals surface area contributed by atoms with Crippen molar-refractivity contribution in [3.05, 3.63) is 27.7 Å². The Labute approximate surface area is 127 Å². The van der Waals surface area contributed by atoms with E-state index in [4.69, 9.17) is 33.4 Å². The number of anilines is 1. The summed E-state index contributed by atoms with van der Waals surface area (Å²) < 4.78 is 6.13. The normalized spacial score (nSPS) is 12.8. The van der Waals surface area contributed by atoms with Gasteiger partial charge in [-0.15, -0.1) is 0 Å². The zero-order valence-electron chi connectivity index (χ0n) is 12.3. The highest BCUT2D eigenvalue weighted by molar-refractivity contribution is 6.74. The second-order valence-electron chi connectivity index (χ2n) is 6.31. The molecule has 1 aromatic rings. The number of halogens is 2. The third-order valence-electron chi connectivity index (χ3n) is 3.82. The van der Waals surface area contributed by atoms with E-state index < -0.39 is 8.32 Å². The molecule has 0 fully saturated rings. The molecule has 2 nitrogen and oxygen atoms in total. The Balaban J connectivity index is 2.69. The molecule has 0 radical (unpaired) electrons. The summed E-state index contributed by atoms with van der Waals surface area (Å²) in [6.07, 6.45) is 0.717. The zero-order chi connectivity index (χ0) is 14.8. The number of hydrogen-bond donors (Lipinski definition) is 1. The van der Waals surface area contributed by atoms with Crippen molar-refractivity contribution < 1.29 is 4.43 Å². The molecule has 0 aliphatic heterocycles. The number of nitrogen functional groups attached to an aromatic ring is 1. The smallest absolute Gasteiger partial charge is 0.191 e. The van der Waals surface area contributed by atoms with Crippen LogP contribution >= 0.6 is 23.2 Å². The molecule has 0 atom stereocenters. The van der Waals surface area contributed by atoms with E-state index in [0.717, 1.165) is 5.56 Å². The molecular formula is C14H23Cl2NOSi. The fourth-order valence-electron chi connectivity index (χ4n) is 1.51. The van der Waals surface area contributed by atoms with Gasteiger partial charge in [0.25, 0.3) is 0 Å². The Hall–Kier alpha value is -0.223. The van der Waals surface area contributed by atoms with Gasteiger partial charge in [-0.2, -0.15) is 0 Å². The van der Waals surface area contributed by atoms with Crippen LogP contribution in [0.3, 0.4) is 0 Å². The lowest BCUT2D eigenvalue weighted by Crippen LogP contribution is -2.41. The van der Waals surface area contributed by atoms with Gasteiger partial charge in [-0.1, -0.05) is 44.0 Å². The van der Waals surface area contributed by atoms with Gasteiger partial charge < -0.3 is 10.2 Å². The first-order valence-corrected chi connectivity index (χ1v) is 10.1. The molecule has 0 aromatic heterocycles. The van der Waals surface area contributed by atoms with Crippen molar-refractivity contribution in [2.75, 3.05) is 12.3 Å². The summed E-state index contributed by atoms with van der Waals surface area (Å²) in [5.74, 6) is 0. The van der Waals surface area contributed by atoms with Crippen molar-refractivity contribution in [1.82, 2.24) is 0 Å². The van der Waals surface area contributed by atoms with Gasteiger partial charge in [0.05, 0.1) is 0 Å². The van der Waals surface area contributed by atoms with Crippen LogP contribution in [0.25, 0.3) is 0 Å². The molecule has 2 N–H and O–H groups in total.